The van der Waals surface area contributed by atoms with Gasteiger partial charge in [0.05, 0.1) is 18.8 Å². The van der Waals surface area contributed by atoms with Gasteiger partial charge in [-0.25, -0.2) is 4.39 Å². The predicted octanol–water partition coefficient (Wildman–Crippen LogP) is 1.39. The van der Waals surface area contributed by atoms with Gasteiger partial charge in [0.1, 0.15) is 5.82 Å². The number of nitrogens with one attached hydrogen (secondary N) is 2. The van der Waals surface area contributed by atoms with Crippen molar-refractivity contribution < 1.29 is 14.1 Å². The Labute approximate surface area is 113 Å². The molecule has 1 aromatic carbocycles. The molecule has 1 amide bonds. The summed E-state index contributed by atoms with van der Waals surface area (Å²) in [6, 6.07) is 4.86. The first-order valence-corrected chi connectivity index (χ1v) is 6.94. The van der Waals surface area contributed by atoms with Crippen molar-refractivity contribution >= 4 is 11.6 Å². The lowest BCUT2D eigenvalue weighted by Gasteiger charge is -2.27. The Kier molecular flexibility index (Phi) is 4.53. The van der Waals surface area contributed by atoms with Gasteiger partial charge in [0, 0.05) is 5.92 Å². The van der Waals surface area contributed by atoms with Gasteiger partial charge >= 0.3 is 0 Å². The maximum atomic E-state index is 13.6. The SMILES string of the molecule is Cc1ccc(NC(=O)C[NH+]2CCC[C@@H](C)C2)c(F)c1. The van der Waals surface area contributed by atoms with Gasteiger partial charge in [-0.2, -0.15) is 0 Å². The van der Waals surface area contributed by atoms with Gasteiger partial charge in [-0.15, -0.1) is 0 Å². The minimum absolute atomic E-state index is 0.105. The first-order chi connectivity index (χ1) is 9.04. The molecule has 1 aliphatic rings. The van der Waals surface area contributed by atoms with E-state index in [0.29, 0.717) is 12.5 Å². The zero-order chi connectivity index (χ0) is 13.8. The fourth-order valence-corrected chi connectivity index (χ4v) is 2.70. The second-order valence-electron chi connectivity index (χ2n) is 5.66. The summed E-state index contributed by atoms with van der Waals surface area (Å²) in [5, 5.41) is 2.66. The molecule has 4 heteroatoms. The molecular weight excluding hydrogens is 243 g/mol. The average Bonchev–Trinajstić information content (AvgIpc) is 2.33. The Bertz CT molecular complexity index is 461. The van der Waals surface area contributed by atoms with Crippen LogP contribution in [0.25, 0.3) is 0 Å². The molecule has 2 rings (SSSR count). The first kappa shape index (κ1) is 14.0. The number of carbonyl (C=O) groups excluding carboxylic acids is 1. The van der Waals surface area contributed by atoms with Crippen molar-refractivity contribution in [3.05, 3.63) is 29.6 Å². The van der Waals surface area contributed by atoms with Crippen LogP contribution >= 0.6 is 0 Å². The number of hydrogen-bond donors (Lipinski definition) is 2. The van der Waals surface area contributed by atoms with E-state index >= 15 is 0 Å². The van der Waals surface area contributed by atoms with E-state index in [9.17, 15) is 9.18 Å². The minimum Gasteiger partial charge on any atom is -0.327 e. The van der Waals surface area contributed by atoms with Crippen molar-refractivity contribution in [3.63, 3.8) is 0 Å². The van der Waals surface area contributed by atoms with E-state index in [2.05, 4.69) is 12.2 Å². The highest BCUT2D eigenvalue weighted by molar-refractivity contribution is 5.91. The molecule has 3 nitrogen and oxygen atoms in total. The molecule has 1 aromatic rings. The van der Waals surface area contributed by atoms with Crippen LogP contribution in [0.2, 0.25) is 0 Å². The lowest BCUT2D eigenvalue weighted by Crippen LogP contribution is -3.14. The van der Waals surface area contributed by atoms with Crippen LogP contribution in [0.5, 0.6) is 0 Å². The fraction of sp³-hybridized carbons (Fsp3) is 0.533. The molecule has 0 spiro atoms. The molecule has 0 bridgehead atoms. The van der Waals surface area contributed by atoms with Gasteiger partial charge in [0.15, 0.2) is 6.54 Å². The molecule has 2 N–H and O–H groups in total. The quantitative estimate of drug-likeness (QED) is 0.851. The topological polar surface area (TPSA) is 33.5 Å². The number of amides is 1. The van der Waals surface area contributed by atoms with E-state index in [1.165, 1.54) is 23.8 Å². The number of halogens is 1. The van der Waals surface area contributed by atoms with Crippen molar-refractivity contribution in [1.29, 1.82) is 0 Å². The third kappa shape index (κ3) is 4.03. The third-order valence-corrected chi connectivity index (χ3v) is 3.67. The second kappa shape index (κ2) is 6.15. The molecule has 1 heterocycles. The van der Waals surface area contributed by atoms with Gasteiger partial charge in [-0.1, -0.05) is 13.0 Å². The van der Waals surface area contributed by atoms with E-state index in [4.69, 9.17) is 0 Å². The van der Waals surface area contributed by atoms with Gasteiger partial charge in [-0.3, -0.25) is 4.79 Å². The van der Waals surface area contributed by atoms with E-state index in [1.807, 2.05) is 6.92 Å². The highest BCUT2D eigenvalue weighted by atomic mass is 19.1. The average molecular weight is 265 g/mol. The summed E-state index contributed by atoms with van der Waals surface area (Å²) >= 11 is 0. The molecular formula is C15H22FN2O+. The van der Waals surface area contributed by atoms with Crippen LogP contribution in [0.4, 0.5) is 10.1 Å². The standard InChI is InChI=1S/C15H21FN2O/c1-11-5-6-14(13(16)8-11)17-15(19)10-18-7-3-4-12(2)9-18/h5-6,8,12H,3-4,7,9-10H2,1-2H3,(H,17,19)/p+1/t12-/m1/s1. The number of carbonyl (C=O) groups is 1. The molecule has 0 aliphatic carbocycles. The normalized spacial score (nSPS) is 23.1. The Balaban J connectivity index is 1.90. The van der Waals surface area contributed by atoms with Crippen LogP contribution in [-0.2, 0) is 4.79 Å². The zero-order valence-electron chi connectivity index (χ0n) is 11.6. The highest BCUT2D eigenvalue weighted by Crippen LogP contribution is 2.14. The van der Waals surface area contributed by atoms with Crippen LogP contribution < -0.4 is 10.2 Å². The minimum atomic E-state index is -0.365. The van der Waals surface area contributed by atoms with Crippen LogP contribution in [0.3, 0.4) is 0 Å². The van der Waals surface area contributed by atoms with Crippen LogP contribution in [0.15, 0.2) is 18.2 Å². The number of hydrogen-bond acceptors (Lipinski definition) is 1. The van der Waals surface area contributed by atoms with E-state index < -0.39 is 0 Å². The summed E-state index contributed by atoms with van der Waals surface area (Å²) in [6.45, 7) is 6.54. The number of quaternary nitrogens is 1. The molecule has 1 aliphatic heterocycles. The Morgan fingerprint density at radius 1 is 1.53 bits per heavy atom. The van der Waals surface area contributed by atoms with Crippen LogP contribution in [-0.4, -0.2) is 25.5 Å². The van der Waals surface area contributed by atoms with Crippen LogP contribution in [0.1, 0.15) is 25.3 Å². The monoisotopic (exact) mass is 265 g/mol. The number of likely N-dealkylation sites (tertiary alicyclic amines) is 1. The number of aryl methyl sites for hydroxylation is 1. The molecule has 0 aromatic heterocycles. The second-order valence-corrected chi connectivity index (χ2v) is 5.66. The molecule has 0 saturated carbocycles. The molecule has 1 unspecified atom stereocenters. The van der Waals surface area contributed by atoms with E-state index in [1.54, 1.807) is 12.1 Å². The molecule has 19 heavy (non-hydrogen) atoms. The van der Waals surface area contributed by atoms with Gasteiger partial charge in [-0.05, 0) is 37.5 Å². The van der Waals surface area contributed by atoms with Crippen molar-refractivity contribution in [3.8, 4) is 0 Å². The molecule has 2 atom stereocenters. The largest absolute Gasteiger partial charge is 0.327 e. The molecule has 1 saturated heterocycles. The van der Waals surface area contributed by atoms with Gasteiger partial charge in [0.25, 0.3) is 5.91 Å². The summed E-state index contributed by atoms with van der Waals surface area (Å²) in [5.74, 6) is 0.204. The fourth-order valence-electron chi connectivity index (χ4n) is 2.70. The lowest BCUT2D eigenvalue weighted by atomic mass is 10.0. The molecule has 104 valence electrons. The van der Waals surface area contributed by atoms with Crippen LogP contribution in [0, 0.1) is 18.7 Å². The number of piperidine rings is 1. The van der Waals surface area contributed by atoms with Crippen molar-refractivity contribution in [2.45, 2.75) is 26.7 Å². The van der Waals surface area contributed by atoms with Crippen molar-refractivity contribution in [2.24, 2.45) is 5.92 Å². The van der Waals surface area contributed by atoms with Gasteiger partial charge in [0.2, 0.25) is 0 Å². The number of rotatable bonds is 3. The smallest absolute Gasteiger partial charge is 0.279 e. The van der Waals surface area contributed by atoms with Crippen molar-refractivity contribution in [1.82, 2.24) is 0 Å². The van der Waals surface area contributed by atoms with E-state index in [0.717, 1.165) is 18.7 Å². The summed E-state index contributed by atoms with van der Waals surface area (Å²) in [7, 11) is 0. The number of benzene rings is 1. The maximum Gasteiger partial charge on any atom is 0.279 e. The molecule has 0 radical (unpaired) electrons. The highest BCUT2D eigenvalue weighted by Gasteiger charge is 2.22. The first-order valence-electron chi connectivity index (χ1n) is 6.94. The Morgan fingerprint density at radius 3 is 3.00 bits per heavy atom. The van der Waals surface area contributed by atoms with Crippen molar-refractivity contribution in [2.75, 3.05) is 25.0 Å². The third-order valence-electron chi connectivity index (χ3n) is 3.67. The Hall–Kier alpha value is -1.42. The summed E-state index contributed by atoms with van der Waals surface area (Å²) in [6.07, 6.45) is 2.42. The Morgan fingerprint density at radius 2 is 2.32 bits per heavy atom. The summed E-state index contributed by atoms with van der Waals surface area (Å²) < 4.78 is 13.6. The van der Waals surface area contributed by atoms with E-state index in [-0.39, 0.29) is 17.4 Å². The zero-order valence-corrected chi connectivity index (χ0v) is 11.6. The molecule has 1 fully saturated rings. The predicted molar refractivity (Wildman–Crippen MR) is 73.7 cm³/mol. The summed E-state index contributed by atoms with van der Waals surface area (Å²) in [5.41, 5.74) is 1.13. The van der Waals surface area contributed by atoms with Gasteiger partial charge < -0.3 is 10.2 Å². The number of anilines is 1. The lowest BCUT2D eigenvalue weighted by molar-refractivity contribution is -0.900. The summed E-state index contributed by atoms with van der Waals surface area (Å²) in [4.78, 5) is 13.2. The maximum absolute atomic E-state index is 13.6.